The van der Waals surface area contributed by atoms with E-state index in [0.717, 1.165) is 41.4 Å². The lowest BCUT2D eigenvalue weighted by molar-refractivity contribution is 0.0475. The first-order chi connectivity index (χ1) is 12.6. The lowest BCUT2D eigenvalue weighted by atomic mass is 10.0. The van der Waals surface area contributed by atoms with Gasteiger partial charge in [0, 0.05) is 21.7 Å². The van der Waals surface area contributed by atoms with Gasteiger partial charge in [-0.05, 0) is 55.2 Å². The molecule has 0 amide bonds. The van der Waals surface area contributed by atoms with Gasteiger partial charge in [-0.25, -0.2) is 4.79 Å². The molecule has 26 heavy (non-hydrogen) atoms. The number of carbonyl (C=O) groups is 2. The molecule has 4 nitrogen and oxygen atoms in total. The van der Waals surface area contributed by atoms with Gasteiger partial charge < -0.3 is 4.74 Å². The van der Waals surface area contributed by atoms with Crippen LogP contribution in [0.25, 0.3) is 10.9 Å². The fourth-order valence-electron chi connectivity index (χ4n) is 3.37. The van der Waals surface area contributed by atoms with Crippen LogP contribution in [-0.4, -0.2) is 23.3 Å². The van der Waals surface area contributed by atoms with Gasteiger partial charge in [0.2, 0.25) is 0 Å². The highest BCUT2D eigenvalue weighted by atomic mass is 35.5. The fourth-order valence-corrected chi connectivity index (χ4v) is 3.49. The van der Waals surface area contributed by atoms with Crippen molar-refractivity contribution >= 4 is 34.3 Å². The van der Waals surface area contributed by atoms with Crippen LogP contribution in [0.15, 0.2) is 48.5 Å². The molecule has 0 aliphatic heterocycles. The summed E-state index contributed by atoms with van der Waals surface area (Å²) < 4.78 is 5.36. The number of ether oxygens (including phenoxy) is 1. The molecular formula is C21H16ClNO3. The predicted octanol–water partition coefficient (Wildman–Crippen LogP) is 4.42. The summed E-state index contributed by atoms with van der Waals surface area (Å²) in [6.45, 7) is -0.300. The molecule has 0 bridgehead atoms. The van der Waals surface area contributed by atoms with Crippen molar-refractivity contribution in [3.63, 3.8) is 0 Å². The zero-order chi connectivity index (χ0) is 18.1. The first-order valence-electron chi connectivity index (χ1n) is 8.50. The number of para-hydroxylation sites is 1. The molecule has 1 aliphatic rings. The number of nitrogens with zero attached hydrogens (tertiary/aromatic N) is 1. The summed E-state index contributed by atoms with van der Waals surface area (Å²) in [6, 6.07) is 14.1. The summed E-state index contributed by atoms with van der Waals surface area (Å²) in [5.41, 5.74) is 3.70. The van der Waals surface area contributed by atoms with Gasteiger partial charge in [-0.1, -0.05) is 29.8 Å². The van der Waals surface area contributed by atoms with Crippen LogP contribution in [0.3, 0.4) is 0 Å². The SMILES string of the molecule is O=C(COC(=O)c1c2c(nc3ccccc13)CCC2)c1ccc(Cl)cc1. The Morgan fingerprint density at radius 1 is 1.04 bits per heavy atom. The second-order valence-electron chi connectivity index (χ2n) is 6.29. The van der Waals surface area contributed by atoms with Crippen molar-refractivity contribution in [2.75, 3.05) is 6.61 Å². The summed E-state index contributed by atoms with van der Waals surface area (Å²) in [7, 11) is 0. The number of pyridine rings is 1. The average Bonchev–Trinajstić information content (AvgIpc) is 3.12. The van der Waals surface area contributed by atoms with Gasteiger partial charge in [0.15, 0.2) is 12.4 Å². The second-order valence-corrected chi connectivity index (χ2v) is 6.73. The Morgan fingerprint density at radius 2 is 1.81 bits per heavy atom. The third-order valence-corrected chi connectivity index (χ3v) is 4.88. The van der Waals surface area contributed by atoms with E-state index < -0.39 is 5.97 Å². The minimum atomic E-state index is -0.468. The maximum absolute atomic E-state index is 12.8. The Hall–Kier alpha value is -2.72. The number of carbonyl (C=O) groups excluding carboxylic acids is 2. The van der Waals surface area contributed by atoms with E-state index in [-0.39, 0.29) is 12.4 Å². The monoisotopic (exact) mass is 365 g/mol. The number of ketones is 1. The minimum Gasteiger partial charge on any atom is -0.454 e. The molecule has 0 radical (unpaired) electrons. The molecule has 0 unspecified atom stereocenters. The number of halogens is 1. The Balaban J connectivity index is 1.61. The number of hydrogen-bond acceptors (Lipinski definition) is 4. The standard InChI is InChI=1S/C21H16ClNO3/c22-14-10-8-13(9-11-14)19(24)12-26-21(25)20-15-4-1-2-6-17(15)23-18-7-3-5-16(18)20/h1-2,4,6,8-11H,3,5,7,12H2. The lowest BCUT2D eigenvalue weighted by Crippen LogP contribution is -2.16. The molecule has 1 heterocycles. The summed E-state index contributed by atoms with van der Waals surface area (Å²) in [5.74, 6) is -0.728. The van der Waals surface area contributed by atoms with E-state index in [9.17, 15) is 9.59 Å². The quantitative estimate of drug-likeness (QED) is 0.507. The third kappa shape index (κ3) is 3.08. The molecule has 0 fully saturated rings. The normalized spacial score (nSPS) is 12.8. The van der Waals surface area contributed by atoms with Crippen LogP contribution < -0.4 is 0 Å². The van der Waals surface area contributed by atoms with Crippen molar-refractivity contribution in [1.82, 2.24) is 4.98 Å². The van der Waals surface area contributed by atoms with E-state index in [1.54, 1.807) is 24.3 Å². The van der Waals surface area contributed by atoms with Gasteiger partial charge in [-0.15, -0.1) is 0 Å². The molecule has 0 N–H and O–H groups in total. The van der Waals surface area contributed by atoms with Gasteiger partial charge in [0.05, 0.1) is 11.1 Å². The molecule has 0 saturated heterocycles. The van der Waals surface area contributed by atoms with E-state index in [2.05, 4.69) is 4.98 Å². The van der Waals surface area contributed by atoms with Crippen LogP contribution in [-0.2, 0) is 17.6 Å². The molecule has 1 aliphatic carbocycles. The fraction of sp³-hybridized carbons (Fsp3) is 0.190. The number of esters is 1. The maximum Gasteiger partial charge on any atom is 0.339 e. The van der Waals surface area contributed by atoms with Crippen LogP contribution in [0.4, 0.5) is 0 Å². The minimum absolute atomic E-state index is 0.259. The lowest BCUT2D eigenvalue weighted by Gasteiger charge is -2.12. The van der Waals surface area contributed by atoms with Gasteiger partial charge in [0.25, 0.3) is 0 Å². The van der Waals surface area contributed by atoms with E-state index in [4.69, 9.17) is 16.3 Å². The average molecular weight is 366 g/mol. The van der Waals surface area contributed by atoms with Crippen LogP contribution >= 0.6 is 11.6 Å². The van der Waals surface area contributed by atoms with Gasteiger partial charge in [0.1, 0.15) is 0 Å². The zero-order valence-electron chi connectivity index (χ0n) is 14.0. The molecule has 3 aromatic rings. The second kappa shape index (κ2) is 6.89. The number of hydrogen-bond donors (Lipinski definition) is 0. The van der Waals surface area contributed by atoms with Crippen LogP contribution in [0.5, 0.6) is 0 Å². The smallest absolute Gasteiger partial charge is 0.339 e. The van der Waals surface area contributed by atoms with Crippen LogP contribution in [0.1, 0.15) is 38.4 Å². The first kappa shape index (κ1) is 16.7. The zero-order valence-corrected chi connectivity index (χ0v) is 14.8. The van der Waals surface area contributed by atoms with Crippen molar-refractivity contribution in [2.24, 2.45) is 0 Å². The molecular weight excluding hydrogens is 350 g/mol. The van der Waals surface area contributed by atoms with Crippen molar-refractivity contribution in [3.8, 4) is 0 Å². The molecule has 0 saturated carbocycles. The summed E-state index contributed by atoms with van der Waals surface area (Å²) in [5, 5.41) is 1.33. The number of fused-ring (bicyclic) bond motifs is 2. The van der Waals surface area contributed by atoms with E-state index in [0.29, 0.717) is 16.1 Å². The van der Waals surface area contributed by atoms with Gasteiger partial charge >= 0.3 is 5.97 Å². The highest BCUT2D eigenvalue weighted by Gasteiger charge is 2.25. The Bertz CT molecular complexity index is 1010. The molecule has 5 heteroatoms. The predicted molar refractivity (Wildman–Crippen MR) is 99.8 cm³/mol. The summed E-state index contributed by atoms with van der Waals surface area (Å²) in [6.07, 6.45) is 2.65. The van der Waals surface area contributed by atoms with Crippen LogP contribution in [0.2, 0.25) is 5.02 Å². The van der Waals surface area contributed by atoms with Crippen molar-refractivity contribution < 1.29 is 14.3 Å². The van der Waals surface area contributed by atoms with E-state index >= 15 is 0 Å². The topological polar surface area (TPSA) is 56.3 Å². The highest BCUT2D eigenvalue weighted by Crippen LogP contribution is 2.30. The molecule has 1 aromatic heterocycles. The summed E-state index contributed by atoms with van der Waals surface area (Å²) >= 11 is 5.83. The third-order valence-electron chi connectivity index (χ3n) is 4.62. The van der Waals surface area contributed by atoms with Gasteiger partial charge in [-0.3, -0.25) is 9.78 Å². The molecule has 130 valence electrons. The Kier molecular flexibility index (Phi) is 4.43. The molecule has 4 rings (SSSR count). The highest BCUT2D eigenvalue weighted by molar-refractivity contribution is 6.30. The molecule has 0 atom stereocenters. The number of aryl methyl sites for hydroxylation is 1. The first-order valence-corrected chi connectivity index (χ1v) is 8.87. The van der Waals surface area contributed by atoms with E-state index in [1.165, 1.54) is 0 Å². The van der Waals surface area contributed by atoms with Crippen LogP contribution in [0, 0.1) is 0 Å². The van der Waals surface area contributed by atoms with Crippen molar-refractivity contribution in [3.05, 3.63) is 75.9 Å². The number of aromatic nitrogens is 1. The van der Waals surface area contributed by atoms with Gasteiger partial charge in [-0.2, -0.15) is 0 Å². The number of Topliss-reactive ketones (excluding diaryl/α,β-unsaturated/α-hetero) is 1. The molecule has 0 spiro atoms. The van der Waals surface area contributed by atoms with E-state index in [1.807, 2.05) is 24.3 Å². The summed E-state index contributed by atoms with van der Waals surface area (Å²) in [4.78, 5) is 29.7. The Labute approximate surface area is 155 Å². The maximum atomic E-state index is 12.8. The number of rotatable bonds is 4. The number of benzene rings is 2. The Morgan fingerprint density at radius 3 is 2.62 bits per heavy atom. The van der Waals surface area contributed by atoms with Crippen molar-refractivity contribution in [1.29, 1.82) is 0 Å². The largest absolute Gasteiger partial charge is 0.454 e. The van der Waals surface area contributed by atoms with Crippen molar-refractivity contribution in [2.45, 2.75) is 19.3 Å². The molecule has 2 aromatic carbocycles.